The molecule has 0 amide bonds. The summed E-state index contributed by atoms with van der Waals surface area (Å²) in [5.74, 6) is 4.01. The third-order valence-corrected chi connectivity index (χ3v) is 5.33. The van der Waals surface area contributed by atoms with Crippen molar-refractivity contribution in [3.8, 4) is 0 Å². The molecule has 1 aromatic carbocycles. The number of ether oxygens (including phenoxy) is 1. The fourth-order valence-corrected chi connectivity index (χ4v) is 4.48. The van der Waals surface area contributed by atoms with Crippen LogP contribution in [0.2, 0.25) is 0 Å². The first-order valence-corrected chi connectivity index (χ1v) is 7.94. The van der Waals surface area contributed by atoms with Crippen LogP contribution in [0.15, 0.2) is 30.3 Å². The van der Waals surface area contributed by atoms with Crippen molar-refractivity contribution in [3.63, 3.8) is 0 Å². The second kappa shape index (κ2) is 5.47. The van der Waals surface area contributed by atoms with Gasteiger partial charge in [0.1, 0.15) is 0 Å². The van der Waals surface area contributed by atoms with Crippen LogP contribution in [0.3, 0.4) is 0 Å². The van der Waals surface area contributed by atoms with Gasteiger partial charge in [0.05, 0.1) is 6.61 Å². The molecule has 0 aromatic heterocycles. The van der Waals surface area contributed by atoms with Crippen LogP contribution in [-0.4, -0.2) is 12.6 Å². The Kier molecular flexibility index (Phi) is 3.81. The Labute approximate surface area is 127 Å². The van der Waals surface area contributed by atoms with E-state index in [2.05, 4.69) is 44.2 Å². The number of rotatable bonds is 3. The van der Waals surface area contributed by atoms with Crippen LogP contribution in [-0.2, 0) is 9.53 Å². The minimum absolute atomic E-state index is 0.0204. The number of fused-ring (bicyclic) bond motifs is 1. The summed E-state index contributed by atoms with van der Waals surface area (Å²) in [6, 6.07) is 10.8. The third-order valence-electron chi connectivity index (χ3n) is 5.33. The molecule has 2 aliphatic carbocycles. The summed E-state index contributed by atoms with van der Waals surface area (Å²) in [4.78, 5) is 11.2. The Balaban J connectivity index is 1.91. The molecule has 2 radical (unpaired) electrons. The van der Waals surface area contributed by atoms with Crippen LogP contribution in [0.4, 0.5) is 0 Å². The Morgan fingerprint density at radius 1 is 1.19 bits per heavy atom. The van der Waals surface area contributed by atoms with Gasteiger partial charge in [0.15, 0.2) is 0 Å². The molecule has 2 heteroatoms. The average molecular weight is 284 g/mol. The van der Waals surface area contributed by atoms with E-state index in [9.17, 15) is 4.79 Å². The molecular weight excluding hydrogens is 260 g/mol. The van der Waals surface area contributed by atoms with Gasteiger partial charge >= 0.3 is 5.97 Å². The Hall–Kier alpha value is -1.31. The van der Waals surface area contributed by atoms with Gasteiger partial charge in [-0.15, -0.1) is 0 Å². The van der Waals surface area contributed by atoms with Crippen LogP contribution < -0.4 is 0 Å². The van der Waals surface area contributed by atoms with E-state index in [1.165, 1.54) is 37.7 Å². The van der Waals surface area contributed by atoms with Gasteiger partial charge < -0.3 is 4.74 Å². The van der Waals surface area contributed by atoms with Gasteiger partial charge in [0.2, 0.25) is 0 Å². The molecule has 21 heavy (non-hydrogen) atoms. The standard InChI is InChI=1S/C19H24O2/c1-13(20)21-12-17-15-10-7-11-16(15)18(19(17,2)3)14-8-5-4-6-9-14/h4-6,8-9,15-16H,7,10-12H2,1-3H3. The first-order valence-electron chi connectivity index (χ1n) is 7.94. The predicted octanol–water partition coefficient (Wildman–Crippen LogP) is 4.20. The van der Waals surface area contributed by atoms with E-state index in [0.29, 0.717) is 18.4 Å². The van der Waals surface area contributed by atoms with E-state index < -0.39 is 0 Å². The molecule has 0 saturated heterocycles. The van der Waals surface area contributed by atoms with Crippen molar-refractivity contribution in [1.29, 1.82) is 0 Å². The predicted molar refractivity (Wildman–Crippen MR) is 83.3 cm³/mol. The van der Waals surface area contributed by atoms with E-state index in [1.54, 1.807) is 5.92 Å². The van der Waals surface area contributed by atoms with Crippen molar-refractivity contribution in [2.45, 2.75) is 40.0 Å². The fraction of sp³-hybridized carbons (Fsp3) is 0.526. The van der Waals surface area contributed by atoms with Gasteiger partial charge in [0, 0.05) is 18.8 Å². The summed E-state index contributed by atoms with van der Waals surface area (Å²) in [5, 5.41) is 0. The van der Waals surface area contributed by atoms with Gasteiger partial charge in [-0.2, -0.15) is 0 Å². The first-order chi connectivity index (χ1) is 10.0. The van der Waals surface area contributed by atoms with Gasteiger partial charge in [-0.1, -0.05) is 50.6 Å². The molecule has 3 rings (SSSR count). The topological polar surface area (TPSA) is 26.3 Å². The molecular formula is C19H24O2. The summed E-state index contributed by atoms with van der Waals surface area (Å²) < 4.78 is 5.36. The minimum atomic E-state index is -0.180. The molecule has 0 aliphatic heterocycles. The highest BCUT2D eigenvalue weighted by atomic mass is 16.5. The molecule has 0 spiro atoms. The molecule has 2 atom stereocenters. The molecule has 2 saturated carbocycles. The molecule has 2 unspecified atom stereocenters. The maximum Gasteiger partial charge on any atom is 0.302 e. The maximum atomic E-state index is 11.2. The zero-order valence-electron chi connectivity index (χ0n) is 13.2. The molecule has 0 bridgehead atoms. The van der Waals surface area contributed by atoms with Crippen LogP contribution >= 0.6 is 0 Å². The molecule has 2 nitrogen and oxygen atoms in total. The summed E-state index contributed by atoms with van der Waals surface area (Å²) in [6.45, 7) is 6.58. The molecule has 2 aliphatic rings. The van der Waals surface area contributed by atoms with Crippen molar-refractivity contribution in [2.75, 3.05) is 6.61 Å². The number of benzene rings is 1. The highest BCUT2D eigenvalue weighted by Gasteiger charge is 2.57. The SMILES string of the molecule is CC(=O)OC[C]1C2CCCC2[C](c2ccccc2)C1(C)C. The lowest BCUT2D eigenvalue weighted by atomic mass is 9.70. The number of hydrogen-bond donors (Lipinski definition) is 0. The maximum absolute atomic E-state index is 11.2. The number of esters is 1. The zero-order valence-corrected chi connectivity index (χ0v) is 13.2. The Bertz CT molecular complexity index is 506. The quantitative estimate of drug-likeness (QED) is 0.777. The van der Waals surface area contributed by atoms with Crippen molar-refractivity contribution in [1.82, 2.24) is 0 Å². The molecule has 1 aromatic rings. The molecule has 112 valence electrons. The highest BCUT2D eigenvalue weighted by molar-refractivity contribution is 5.66. The minimum Gasteiger partial charge on any atom is -0.465 e. The van der Waals surface area contributed by atoms with Crippen LogP contribution in [0.25, 0.3) is 0 Å². The number of hydrogen-bond acceptors (Lipinski definition) is 2. The molecule has 2 fully saturated rings. The van der Waals surface area contributed by atoms with Crippen molar-refractivity contribution in [3.05, 3.63) is 47.7 Å². The fourth-order valence-electron chi connectivity index (χ4n) is 4.48. The lowest BCUT2D eigenvalue weighted by Crippen LogP contribution is -2.29. The second-order valence-electron chi connectivity index (χ2n) is 6.85. The average Bonchev–Trinajstić information content (AvgIpc) is 2.95. The number of carbonyl (C=O) groups excluding carboxylic acids is 1. The van der Waals surface area contributed by atoms with E-state index in [0.717, 1.165) is 0 Å². The molecule has 0 N–H and O–H groups in total. The highest BCUT2D eigenvalue weighted by Crippen LogP contribution is 2.64. The van der Waals surface area contributed by atoms with E-state index >= 15 is 0 Å². The van der Waals surface area contributed by atoms with Gasteiger partial charge in [-0.05, 0) is 35.7 Å². The zero-order chi connectivity index (χ0) is 15.0. The van der Waals surface area contributed by atoms with E-state index in [4.69, 9.17) is 4.74 Å². The first kappa shape index (κ1) is 14.6. The summed E-state index contributed by atoms with van der Waals surface area (Å²) >= 11 is 0. The monoisotopic (exact) mass is 284 g/mol. The van der Waals surface area contributed by atoms with Crippen molar-refractivity contribution < 1.29 is 9.53 Å². The van der Waals surface area contributed by atoms with Crippen LogP contribution in [0.1, 0.15) is 45.6 Å². The Morgan fingerprint density at radius 2 is 1.86 bits per heavy atom. The largest absolute Gasteiger partial charge is 0.465 e. The number of carbonyl (C=O) groups is 1. The summed E-state index contributed by atoms with van der Waals surface area (Å²) in [7, 11) is 0. The second-order valence-corrected chi connectivity index (χ2v) is 6.85. The van der Waals surface area contributed by atoms with Gasteiger partial charge in [-0.25, -0.2) is 0 Å². The lowest BCUT2D eigenvalue weighted by molar-refractivity contribution is -0.141. The summed E-state index contributed by atoms with van der Waals surface area (Å²) in [6.07, 6.45) is 3.79. The molecule has 0 heterocycles. The van der Waals surface area contributed by atoms with E-state index in [-0.39, 0.29) is 11.4 Å². The van der Waals surface area contributed by atoms with Crippen molar-refractivity contribution >= 4 is 5.97 Å². The summed E-state index contributed by atoms with van der Waals surface area (Å²) in [5.41, 5.74) is 1.38. The van der Waals surface area contributed by atoms with Crippen LogP contribution in [0.5, 0.6) is 0 Å². The van der Waals surface area contributed by atoms with Crippen molar-refractivity contribution in [2.24, 2.45) is 17.3 Å². The van der Waals surface area contributed by atoms with Gasteiger partial charge in [-0.3, -0.25) is 4.79 Å². The normalized spacial score (nSPS) is 28.5. The van der Waals surface area contributed by atoms with Gasteiger partial charge in [0.25, 0.3) is 0 Å². The lowest BCUT2D eigenvalue weighted by Gasteiger charge is -2.34. The van der Waals surface area contributed by atoms with Crippen LogP contribution in [0, 0.1) is 29.1 Å². The third kappa shape index (κ3) is 2.49. The van der Waals surface area contributed by atoms with E-state index in [1.807, 2.05) is 0 Å². The smallest absolute Gasteiger partial charge is 0.302 e. The Morgan fingerprint density at radius 3 is 2.52 bits per heavy atom.